The Kier molecular flexibility index (Phi) is 6.07. The predicted molar refractivity (Wildman–Crippen MR) is 81.5 cm³/mol. The Morgan fingerprint density at radius 2 is 2.16 bits per heavy atom. The molecule has 0 spiro atoms. The van der Waals surface area contributed by atoms with Crippen LogP contribution in [0.5, 0.6) is 0 Å². The average Bonchev–Trinajstić information content (AvgIpc) is 2.42. The van der Waals surface area contributed by atoms with Gasteiger partial charge in [-0.25, -0.2) is 0 Å². The molecule has 1 unspecified atom stereocenters. The number of carbonyl (C=O) groups excluding carboxylic acids is 1. The van der Waals surface area contributed by atoms with Gasteiger partial charge in [-0.3, -0.25) is 4.79 Å². The molecule has 1 amide bonds. The molecule has 0 N–H and O–H groups in total. The van der Waals surface area contributed by atoms with Gasteiger partial charge in [0.1, 0.15) is 0 Å². The van der Waals surface area contributed by atoms with E-state index in [0.29, 0.717) is 6.42 Å². The molecular weight excluding hydrogens is 234 g/mol. The molecule has 2 nitrogen and oxygen atoms in total. The van der Waals surface area contributed by atoms with Crippen LogP contribution in [0.2, 0.25) is 0 Å². The highest BCUT2D eigenvalue weighted by Gasteiger charge is 2.38. The van der Waals surface area contributed by atoms with Gasteiger partial charge in [0.25, 0.3) is 0 Å². The van der Waals surface area contributed by atoms with Crippen molar-refractivity contribution in [1.29, 1.82) is 0 Å². The van der Waals surface area contributed by atoms with E-state index in [-0.39, 0.29) is 11.9 Å². The summed E-state index contributed by atoms with van der Waals surface area (Å²) < 4.78 is 0. The second kappa shape index (κ2) is 7.57. The summed E-state index contributed by atoms with van der Waals surface area (Å²) in [6.07, 6.45) is 15.2. The fourth-order valence-electron chi connectivity index (χ4n) is 2.20. The van der Waals surface area contributed by atoms with E-state index in [0.717, 1.165) is 12.1 Å². The highest BCUT2D eigenvalue weighted by atomic mass is 16.2. The number of likely N-dealkylation sites (tertiary alicyclic amines) is 1. The van der Waals surface area contributed by atoms with Crippen molar-refractivity contribution in [2.75, 3.05) is 0 Å². The fourth-order valence-corrected chi connectivity index (χ4v) is 2.20. The molecule has 1 fully saturated rings. The van der Waals surface area contributed by atoms with Crippen LogP contribution in [0.3, 0.4) is 0 Å². The number of hydrogen-bond donors (Lipinski definition) is 0. The Hall–Kier alpha value is -1.83. The van der Waals surface area contributed by atoms with Crippen LogP contribution in [0, 0.1) is 0 Å². The number of amides is 1. The first kappa shape index (κ1) is 15.2. The molecule has 0 aliphatic carbocycles. The quantitative estimate of drug-likeness (QED) is 0.517. The largest absolute Gasteiger partial charge is 0.308 e. The maximum Gasteiger partial charge on any atom is 0.229 e. The van der Waals surface area contributed by atoms with Gasteiger partial charge in [0.15, 0.2) is 0 Å². The first-order chi connectivity index (χ1) is 9.19. The van der Waals surface area contributed by atoms with Crippen LogP contribution in [-0.2, 0) is 4.79 Å². The summed E-state index contributed by atoms with van der Waals surface area (Å²) >= 11 is 0. The number of rotatable bonds is 6. The Balaban J connectivity index is 2.95. The lowest BCUT2D eigenvalue weighted by molar-refractivity contribution is -0.140. The molecule has 0 aromatic carbocycles. The van der Waals surface area contributed by atoms with E-state index in [1.54, 1.807) is 6.08 Å². The van der Waals surface area contributed by atoms with Gasteiger partial charge < -0.3 is 4.90 Å². The summed E-state index contributed by atoms with van der Waals surface area (Å²) in [5.41, 5.74) is 2.24. The minimum absolute atomic E-state index is 0.171. The molecule has 1 aliphatic heterocycles. The van der Waals surface area contributed by atoms with Crippen molar-refractivity contribution in [1.82, 2.24) is 4.90 Å². The van der Waals surface area contributed by atoms with Gasteiger partial charge >= 0.3 is 0 Å². The van der Waals surface area contributed by atoms with Crippen LogP contribution in [0.25, 0.3) is 0 Å². The second-order valence-corrected chi connectivity index (χ2v) is 4.40. The molecule has 2 heteroatoms. The van der Waals surface area contributed by atoms with E-state index in [2.05, 4.69) is 19.6 Å². The molecule has 0 aromatic rings. The van der Waals surface area contributed by atoms with Crippen molar-refractivity contribution in [2.45, 2.75) is 39.7 Å². The number of nitrogens with zero attached hydrogens (tertiary/aromatic N) is 1. The smallest absolute Gasteiger partial charge is 0.229 e. The molecule has 1 aliphatic rings. The fraction of sp³-hybridized carbons (Fsp3) is 0.353. The summed E-state index contributed by atoms with van der Waals surface area (Å²) in [5, 5.41) is 0. The monoisotopic (exact) mass is 257 g/mol. The van der Waals surface area contributed by atoms with E-state index in [4.69, 9.17) is 0 Å². The van der Waals surface area contributed by atoms with Crippen molar-refractivity contribution in [2.24, 2.45) is 0 Å². The second-order valence-electron chi connectivity index (χ2n) is 4.40. The topological polar surface area (TPSA) is 20.3 Å². The minimum Gasteiger partial charge on any atom is -0.308 e. The molecule has 19 heavy (non-hydrogen) atoms. The Labute approximate surface area is 116 Å². The lowest BCUT2D eigenvalue weighted by atomic mass is 9.91. The van der Waals surface area contributed by atoms with Crippen LogP contribution >= 0.6 is 0 Å². The number of allylic oxidation sites excluding steroid dienone is 7. The van der Waals surface area contributed by atoms with Gasteiger partial charge in [0, 0.05) is 5.70 Å². The maximum absolute atomic E-state index is 11.9. The average molecular weight is 257 g/mol. The van der Waals surface area contributed by atoms with Crippen molar-refractivity contribution < 1.29 is 4.79 Å². The van der Waals surface area contributed by atoms with Crippen LogP contribution in [0.1, 0.15) is 33.6 Å². The van der Waals surface area contributed by atoms with Crippen LogP contribution < -0.4 is 0 Å². The zero-order chi connectivity index (χ0) is 14.3. The molecule has 102 valence electrons. The molecule has 1 rings (SSSR count). The molecule has 0 bridgehead atoms. The van der Waals surface area contributed by atoms with E-state index in [1.165, 1.54) is 5.57 Å². The number of hydrogen-bond acceptors (Lipinski definition) is 1. The van der Waals surface area contributed by atoms with Gasteiger partial charge in [-0.05, 0) is 31.9 Å². The molecule has 1 heterocycles. The van der Waals surface area contributed by atoms with E-state index < -0.39 is 0 Å². The van der Waals surface area contributed by atoms with Crippen LogP contribution in [0.4, 0.5) is 0 Å². The van der Waals surface area contributed by atoms with Gasteiger partial charge in [0.2, 0.25) is 5.91 Å². The molecule has 0 aromatic heterocycles. The number of carbonyl (C=O) groups is 1. The summed E-state index contributed by atoms with van der Waals surface area (Å²) in [5.74, 6) is 0.203. The lowest BCUT2D eigenvalue weighted by Crippen LogP contribution is -2.52. The van der Waals surface area contributed by atoms with Gasteiger partial charge in [-0.1, -0.05) is 50.0 Å². The zero-order valence-electron chi connectivity index (χ0n) is 12.1. The Morgan fingerprint density at radius 3 is 2.63 bits per heavy atom. The highest BCUT2D eigenvalue weighted by Crippen LogP contribution is 2.32. The zero-order valence-corrected chi connectivity index (χ0v) is 12.1. The van der Waals surface area contributed by atoms with Crippen molar-refractivity contribution >= 4 is 5.91 Å². The van der Waals surface area contributed by atoms with Crippen molar-refractivity contribution in [3.05, 3.63) is 60.4 Å². The molecular formula is C17H23NO. The van der Waals surface area contributed by atoms with E-state index >= 15 is 0 Å². The van der Waals surface area contributed by atoms with E-state index in [9.17, 15) is 4.79 Å². The third-order valence-electron chi connectivity index (χ3n) is 3.24. The summed E-state index contributed by atoms with van der Waals surface area (Å²) in [4.78, 5) is 13.8. The summed E-state index contributed by atoms with van der Waals surface area (Å²) in [6.45, 7) is 9.74. The normalized spacial score (nSPS) is 21.3. The Morgan fingerprint density at radius 1 is 1.42 bits per heavy atom. The molecule has 0 radical (unpaired) electrons. The van der Waals surface area contributed by atoms with Crippen molar-refractivity contribution in [3.63, 3.8) is 0 Å². The van der Waals surface area contributed by atoms with Gasteiger partial charge in [0.05, 0.1) is 12.5 Å². The summed E-state index contributed by atoms with van der Waals surface area (Å²) in [7, 11) is 0. The lowest BCUT2D eigenvalue weighted by Gasteiger charge is -2.42. The summed E-state index contributed by atoms with van der Waals surface area (Å²) in [6, 6.07) is 0.171. The van der Waals surface area contributed by atoms with Gasteiger partial charge in [-0.2, -0.15) is 0 Å². The molecule has 1 atom stereocenters. The van der Waals surface area contributed by atoms with Crippen molar-refractivity contribution in [3.8, 4) is 0 Å². The highest BCUT2D eigenvalue weighted by molar-refractivity contribution is 5.86. The van der Waals surface area contributed by atoms with E-state index in [1.807, 2.05) is 49.1 Å². The SMILES string of the molecule is C=C/C=C\C(=C/C)C1CC(=O)N1/C(=C/C=C\C)CC. The minimum atomic E-state index is 0.171. The first-order valence-electron chi connectivity index (χ1n) is 6.78. The van der Waals surface area contributed by atoms with Crippen LogP contribution in [0.15, 0.2) is 60.4 Å². The third kappa shape index (κ3) is 3.57. The molecule has 1 saturated heterocycles. The number of β-lactam (4-membered cyclic amide) rings is 1. The first-order valence-corrected chi connectivity index (χ1v) is 6.78. The van der Waals surface area contributed by atoms with Crippen LogP contribution in [-0.4, -0.2) is 16.8 Å². The predicted octanol–water partition coefficient (Wildman–Crippen LogP) is 4.15. The third-order valence-corrected chi connectivity index (χ3v) is 3.24. The maximum atomic E-state index is 11.9. The standard InChI is InChI=1S/C17H23NO/c1-5-9-11-14(7-3)16-13-17(19)18(16)15(8-4)12-10-6-2/h5-7,9-12,16H,1,8,13H2,2-4H3/b10-6-,11-9-,14-7+,15-12+. The molecule has 0 saturated carbocycles. The van der Waals surface area contributed by atoms with Gasteiger partial charge in [-0.15, -0.1) is 0 Å². The Bertz CT molecular complexity index is 452.